The molecule has 1 fully saturated rings. The molecule has 0 aromatic heterocycles. The Balaban J connectivity index is 1.59. The van der Waals surface area contributed by atoms with E-state index in [1.165, 1.54) is 12.1 Å². The highest BCUT2D eigenvalue weighted by molar-refractivity contribution is 6.04. The molecule has 0 spiro atoms. The van der Waals surface area contributed by atoms with Crippen molar-refractivity contribution < 1.29 is 9.72 Å². The van der Waals surface area contributed by atoms with Gasteiger partial charge in [0.05, 0.1) is 4.92 Å². The van der Waals surface area contributed by atoms with E-state index in [9.17, 15) is 14.9 Å². The Morgan fingerprint density at radius 3 is 2.54 bits per heavy atom. The lowest BCUT2D eigenvalue weighted by atomic mass is 9.90. The van der Waals surface area contributed by atoms with E-state index in [1.807, 2.05) is 30.3 Å². The number of nitrogens with zero attached hydrogens (tertiary/aromatic N) is 1. The van der Waals surface area contributed by atoms with Crippen molar-refractivity contribution in [2.24, 2.45) is 5.92 Å². The van der Waals surface area contributed by atoms with E-state index >= 15 is 0 Å². The number of benzene rings is 2. The Kier molecular flexibility index (Phi) is 5.08. The van der Waals surface area contributed by atoms with Crippen molar-refractivity contribution in [1.82, 2.24) is 10.6 Å². The van der Waals surface area contributed by atoms with Crippen LogP contribution in [0.4, 0.5) is 11.4 Å². The van der Waals surface area contributed by atoms with Crippen molar-refractivity contribution in [3.05, 3.63) is 81.5 Å². The van der Waals surface area contributed by atoms with Crippen LogP contribution in [0.25, 0.3) is 0 Å². The summed E-state index contributed by atoms with van der Waals surface area (Å²) in [7, 11) is 0. The number of amides is 1. The molecule has 1 aliphatic carbocycles. The topological polar surface area (TPSA) is 96.3 Å². The summed E-state index contributed by atoms with van der Waals surface area (Å²) in [5, 5.41) is 20.9. The molecule has 1 aliphatic heterocycles. The van der Waals surface area contributed by atoms with Gasteiger partial charge in [-0.15, -0.1) is 0 Å². The first kappa shape index (κ1) is 18.2. The van der Waals surface area contributed by atoms with Gasteiger partial charge in [-0.05, 0) is 30.5 Å². The minimum Gasteiger partial charge on any atom is -0.386 e. The first-order valence-corrected chi connectivity index (χ1v) is 9.44. The van der Waals surface area contributed by atoms with Crippen LogP contribution < -0.4 is 16.0 Å². The fraction of sp³-hybridized carbons (Fsp3) is 0.286. The Morgan fingerprint density at radius 2 is 1.82 bits per heavy atom. The van der Waals surface area contributed by atoms with Crippen molar-refractivity contribution in [1.29, 1.82) is 0 Å². The van der Waals surface area contributed by atoms with Crippen LogP contribution in [0.15, 0.2) is 65.9 Å². The molecule has 1 saturated heterocycles. The van der Waals surface area contributed by atoms with Crippen LogP contribution in [0, 0.1) is 16.0 Å². The number of nitro groups is 1. The predicted octanol–water partition coefficient (Wildman–Crippen LogP) is 3.13. The van der Waals surface area contributed by atoms with Gasteiger partial charge in [0, 0.05) is 54.1 Å². The summed E-state index contributed by atoms with van der Waals surface area (Å²) >= 11 is 0. The average molecular weight is 378 g/mol. The van der Waals surface area contributed by atoms with Gasteiger partial charge in [0.25, 0.3) is 11.6 Å². The van der Waals surface area contributed by atoms with Crippen molar-refractivity contribution in [2.45, 2.75) is 18.9 Å². The Bertz CT molecular complexity index is 909. The average Bonchev–Trinajstić information content (AvgIpc) is 3.01. The summed E-state index contributed by atoms with van der Waals surface area (Å²) in [6.45, 7) is 1.49. The van der Waals surface area contributed by atoms with Gasteiger partial charge in [-0.3, -0.25) is 14.9 Å². The number of nitrogens with one attached hydrogen (secondary N) is 3. The van der Waals surface area contributed by atoms with Crippen molar-refractivity contribution in [2.75, 3.05) is 18.4 Å². The van der Waals surface area contributed by atoms with E-state index in [0.717, 1.165) is 42.0 Å². The zero-order valence-corrected chi connectivity index (χ0v) is 15.4. The van der Waals surface area contributed by atoms with Crippen molar-refractivity contribution >= 4 is 17.3 Å². The minimum atomic E-state index is -0.390. The molecule has 28 heavy (non-hydrogen) atoms. The molecule has 1 amide bonds. The Hall–Kier alpha value is -3.19. The third-order valence-electron chi connectivity index (χ3n) is 5.38. The molecule has 2 aromatic carbocycles. The van der Waals surface area contributed by atoms with E-state index in [1.54, 1.807) is 12.1 Å². The molecule has 0 radical (unpaired) electrons. The van der Waals surface area contributed by atoms with Crippen LogP contribution in [0.3, 0.4) is 0 Å². The van der Waals surface area contributed by atoms with Gasteiger partial charge >= 0.3 is 0 Å². The fourth-order valence-electron chi connectivity index (χ4n) is 4.06. The van der Waals surface area contributed by atoms with Crippen molar-refractivity contribution in [3.63, 3.8) is 0 Å². The number of fused-ring (bicyclic) bond motifs is 1. The Morgan fingerprint density at radius 1 is 1.07 bits per heavy atom. The maximum atomic E-state index is 12.8. The van der Waals surface area contributed by atoms with Gasteiger partial charge in [-0.25, -0.2) is 0 Å². The van der Waals surface area contributed by atoms with Gasteiger partial charge in [-0.2, -0.15) is 0 Å². The predicted molar refractivity (Wildman–Crippen MR) is 107 cm³/mol. The van der Waals surface area contributed by atoms with Gasteiger partial charge in [-0.1, -0.05) is 30.3 Å². The van der Waals surface area contributed by atoms with Gasteiger partial charge in [0.2, 0.25) is 0 Å². The first-order valence-electron chi connectivity index (χ1n) is 9.44. The first-order chi connectivity index (χ1) is 13.6. The summed E-state index contributed by atoms with van der Waals surface area (Å²) < 4.78 is 0. The molecule has 7 nitrogen and oxygen atoms in total. The number of carbonyl (C=O) groups excluding carboxylic acids is 1. The standard InChI is InChI=1S/C21H22N4O3/c26-21(24-15-4-2-1-3-5-15)18-11-10-17-19(22-12-13-23-20(17)18)14-6-8-16(9-7-14)25(27)28/h1-9,17,19,22-23H,10-13H2,(H,24,26)/t17-,19+/m1/s1. The van der Waals surface area contributed by atoms with Gasteiger partial charge < -0.3 is 16.0 Å². The zero-order chi connectivity index (χ0) is 19.5. The molecular weight excluding hydrogens is 356 g/mol. The molecule has 1 heterocycles. The summed E-state index contributed by atoms with van der Waals surface area (Å²) in [6.07, 6.45) is 1.56. The highest BCUT2D eigenvalue weighted by atomic mass is 16.6. The van der Waals surface area contributed by atoms with Gasteiger partial charge in [0.1, 0.15) is 0 Å². The van der Waals surface area contributed by atoms with Crippen LogP contribution >= 0.6 is 0 Å². The summed E-state index contributed by atoms with van der Waals surface area (Å²) in [4.78, 5) is 23.4. The third-order valence-corrected chi connectivity index (χ3v) is 5.38. The van der Waals surface area contributed by atoms with E-state index in [2.05, 4.69) is 16.0 Å². The van der Waals surface area contributed by atoms with Crippen LogP contribution in [-0.4, -0.2) is 23.9 Å². The molecule has 7 heteroatoms. The number of hydrogen-bond acceptors (Lipinski definition) is 5. The molecule has 4 rings (SSSR count). The lowest BCUT2D eigenvalue weighted by Crippen LogP contribution is -2.27. The van der Waals surface area contributed by atoms with Crippen molar-refractivity contribution in [3.8, 4) is 0 Å². The van der Waals surface area contributed by atoms with E-state index < -0.39 is 4.92 Å². The zero-order valence-electron chi connectivity index (χ0n) is 15.4. The van der Waals surface area contributed by atoms with Crippen LogP contribution in [0.2, 0.25) is 0 Å². The summed E-state index contributed by atoms with van der Waals surface area (Å²) in [5.74, 6) is 0.0704. The quantitative estimate of drug-likeness (QED) is 0.561. The van der Waals surface area contributed by atoms with Crippen LogP contribution in [0.1, 0.15) is 24.4 Å². The number of hydrogen-bond donors (Lipinski definition) is 3. The molecule has 2 aromatic rings. The second kappa shape index (κ2) is 7.82. The SMILES string of the molecule is O=C(Nc1ccccc1)C1=C2NCCN[C@@H](c3ccc([N+](=O)[O-])cc3)[C@H]2CC1. The lowest BCUT2D eigenvalue weighted by molar-refractivity contribution is -0.384. The normalized spacial score (nSPS) is 21.4. The fourth-order valence-corrected chi connectivity index (χ4v) is 4.06. The molecule has 0 unspecified atom stereocenters. The van der Waals surface area contributed by atoms with Gasteiger partial charge in [0.15, 0.2) is 0 Å². The maximum Gasteiger partial charge on any atom is 0.269 e. The summed E-state index contributed by atoms with van der Waals surface area (Å²) in [5.41, 5.74) is 3.65. The molecular formula is C21H22N4O3. The molecule has 3 N–H and O–H groups in total. The number of rotatable bonds is 4. The number of anilines is 1. The molecule has 2 atom stereocenters. The molecule has 144 valence electrons. The lowest BCUT2D eigenvalue weighted by Gasteiger charge is -2.24. The minimum absolute atomic E-state index is 0.0211. The van der Waals surface area contributed by atoms with E-state index in [-0.39, 0.29) is 23.6 Å². The highest BCUT2D eigenvalue weighted by Crippen LogP contribution is 2.40. The monoisotopic (exact) mass is 378 g/mol. The maximum absolute atomic E-state index is 12.8. The molecule has 0 saturated carbocycles. The van der Waals surface area contributed by atoms with Crippen LogP contribution in [0.5, 0.6) is 0 Å². The number of nitro benzene ring substituents is 1. The largest absolute Gasteiger partial charge is 0.386 e. The van der Waals surface area contributed by atoms with E-state index in [0.29, 0.717) is 6.42 Å². The number of carbonyl (C=O) groups is 1. The number of para-hydroxylation sites is 1. The Labute approximate surface area is 163 Å². The highest BCUT2D eigenvalue weighted by Gasteiger charge is 2.36. The number of non-ortho nitro benzene ring substituents is 1. The molecule has 2 aliphatic rings. The van der Waals surface area contributed by atoms with E-state index in [4.69, 9.17) is 0 Å². The summed E-state index contributed by atoms with van der Waals surface area (Å²) in [6, 6.07) is 16.2. The molecule has 0 bridgehead atoms. The second-order valence-corrected chi connectivity index (χ2v) is 7.06. The smallest absolute Gasteiger partial charge is 0.269 e. The second-order valence-electron chi connectivity index (χ2n) is 7.06. The van der Waals surface area contributed by atoms with Crippen LogP contribution in [-0.2, 0) is 4.79 Å². The third kappa shape index (κ3) is 3.61.